The number of halogens is 3. The van der Waals surface area contributed by atoms with Crippen LogP contribution in [0.15, 0.2) is 40.9 Å². The predicted octanol–water partition coefficient (Wildman–Crippen LogP) is 3.97. The third-order valence-electron chi connectivity index (χ3n) is 3.31. The third kappa shape index (κ3) is 2.26. The first-order valence-electron chi connectivity index (χ1n) is 6.08. The lowest BCUT2D eigenvalue weighted by atomic mass is 10.1. The van der Waals surface area contributed by atoms with E-state index in [1.54, 1.807) is 24.3 Å². The molecular formula is C15H8BrClFNO2. The SMILES string of the molecule is O=C1C(=O)N(Cc2cccc(Cl)c2F)c2cccc(Br)c21. The molecule has 0 aromatic heterocycles. The number of fused-ring (bicyclic) bond motifs is 1. The Morgan fingerprint density at radius 1 is 1.14 bits per heavy atom. The summed E-state index contributed by atoms with van der Waals surface area (Å²) >= 11 is 9.00. The summed E-state index contributed by atoms with van der Waals surface area (Å²) in [6, 6.07) is 9.64. The predicted molar refractivity (Wildman–Crippen MR) is 81.1 cm³/mol. The Labute approximate surface area is 133 Å². The molecule has 0 spiro atoms. The summed E-state index contributed by atoms with van der Waals surface area (Å²) in [5.41, 5.74) is 1.04. The van der Waals surface area contributed by atoms with E-state index in [-0.39, 0.29) is 17.1 Å². The van der Waals surface area contributed by atoms with Gasteiger partial charge in [0.05, 0.1) is 22.8 Å². The van der Waals surface area contributed by atoms with Crippen LogP contribution in [0.5, 0.6) is 0 Å². The van der Waals surface area contributed by atoms with Crippen LogP contribution in [-0.4, -0.2) is 11.7 Å². The number of carbonyl (C=O) groups excluding carboxylic acids is 2. The molecule has 0 bridgehead atoms. The van der Waals surface area contributed by atoms with Crippen LogP contribution >= 0.6 is 27.5 Å². The summed E-state index contributed by atoms with van der Waals surface area (Å²) < 4.78 is 14.5. The molecule has 0 radical (unpaired) electrons. The maximum Gasteiger partial charge on any atom is 0.299 e. The number of ketones is 1. The number of nitrogens with zero attached hydrogens (tertiary/aromatic N) is 1. The fraction of sp³-hybridized carbons (Fsp3) is 0.0667. The zero-order valence-electron chi connectivity index (χ0n) is 10.6. The van der Waals surface area contributed by atoms with Crippen LogP contribution in [0, 0.1) is 5.82 Å². The minimum absolute atomic E-state index is 0.0139. The maximum atomic E-state index is 14.0. The summed E-state index contributed by atoms with van der Waals surface area (Å²) in [7, 11) is 0. The molecule has 0 aliphatic carbocycles. The van der Waals surface area contributed by atoms with Crippen molar-refractivity contribution in [2.24, 2.45) is 0 Å². The van der Waals surface area contributed by atoms with E-state index in [1.165, 1.54) is 17.0 Å². The molecule has 1 aliphatic rings. The van der Waals surface area contributed by atoms with Gasteiger partial charge in [-0.05, 0) is 34.1 Å². The van der Waals surface area contributed by atoms with Crippen molar-refractivity contribution in [2.75, 3.05) is 4.90 Å². The van der Waals surface area contributed by atoms with Gasteiger partial charge in [-0.15, -0.1) is 0 Å². The lowest BCUT2D eigenvalue weighted by Crippen LogP contribution is -2.29. The van der Waals surface area contributed by atoms with Gasteiger partial charge in [0.15, 0.2) is 0 Å². The lowest BCUT2D eigenvalue weighted by molar-refractivity contribution is -0.114. The number of Topliss-reactive ketones (excluding diaryl/α,β-unsaturated/α-hetero) is 1. The summed E-state index contributed by atoms with van der Waals surface area (Å²) in [4.78, 5) is 25.4. The van der Waals surface area contributed by atoms with Gasteiger partial charge >= 0.3 is 0 Å². The molecule has 1 amide bonds. The normalized spacial score (nSPS) is 13.8. The van der Waals surface area contributed by atoms with Crippen LogP contribution in [0.25, 0.3) is 0 Å². The molecule has 106 valence electrons. The third-order valence-corrected chi connectivity index (χ3v) is 4.26. The minimum Gasteiger partial charge on any atom is -0.300 e. The molecule has 0 saturated heterocycles. The molecule has 2 aromatic carbocycles. The minimum atomic E-state index is -0.670. The second kappa shape index (κ2) is 5.24. The second-order valence-corrected chi connectivity index (χ2v) is 5.83. The zero-order valence-corrected chi connectivity index (χ0v) is 12.9. The van der Waals surface area contributed by atoms with E-state index >= 15 is 0 Å². The largest absolute Gasteiger partial charge is 0.300 e. The van der Waals surface area contributed by atoms with Gasteiger partial charge in [-0.25, -0.2) is 4.39 Å². The Hall–Kier alpha value is -1.72. The number of rotatable bonds is 2. The monoisotopic (exact) mass is 367 g/mol. The first-order chi connectivity index (χ1) is 10.0. The van der Waals surface area contributed by atoms with Gasteiger partial charge in [0.2, 0.25) is 0 Å². The summed E-state index contributed by atoms with van der Waals surface area (Å²) in [6.45, 7) is -0.0413. The maximum absolute atomic E-state index is 14.0. The van der Waals surface area contributed by atoms with E-state index in [0.29, 0.717) is 15.7 Å². The summed E-state index contributed by atoms with van der Waals surface area (Å²) in [6.07, 6.45) is 0. The molecule has 0 N–H and O–H groups in total. The molecule has 1 aliphatic heterocycles. The first kappa shape index (κ1) is 14.2. The smallest absolute Gasteiger partial charge is 0.299 e. The zero-order chi connectivity index (χ0) is 15.1. The number of hydrogen-bond acceptors (Lipinski definition) is 2. The Kier molecular flexibility index (Phi) is 3.55. The second-order valence-electron chi connectivity index (χ2n) is 4.57. The Balaban J connectivity index is 2.05. The van der Waals surface area contributed by atoms with Gasteiger partial charge in [-0.2, -0.15) is 0 Å². The number of anilines is 1. The van der Waals surface area contributed by atoms with E-state index in [9.17, 15) is 14.0 Å². The quantitative estimate of drug-likeness (QED) is 0.752. The van der Waals surface area contributed by atoms with Crippen molar-refractivity contribution in [1.82, 2.24) is 0 Å². The van der Waals surface area contributed by atoms with E-state index in [0.717, 1.165) is 0 Å². The summed E-state index contributed by atoms with van der Waals surface area (Å²) in [5.74, 6) is -1.85. The fourth-order valence-corrected chi connectivity index (χ4v) is 3.03. The number of benzene rings is 2. The van der Waals surface area contributed by atoms with Crippen molar-refractivity contribution in [3.8, 4) is 0 Å². The average Bonchev–Trinajstić information content (AvgIpc) is 2.70. The van der Waals surface area contributed by atoms with Gasteiger partial charge in [0.1, 0.15) is 5.82 Å². The van der Waals surface area contributed by atoms with Crippen LogP contribution in [0.2, 0.25) is 5.02 Å². The van der Waals surface area contributed by atoms with Crippen LogP contribution in [0.4, 0.5) is 10.1 Å². The lowest BCUT2D eigenvalue weighted by Gasteiger charge is -2.17. The molecule has 3 nitrogen and oxygen atoms in total. The van der Waals surface area contributed by atoms with Gasteiger partial charge < -0.3 is 4.90 Å². The van der Waals surface area contributed by atoms with Crippen molar-refractivity contribution in [3.05, 3.63) is 62.8 Å². The number of amides is 1. The van der Waals surface area contributed by atoms with Crippen LogP contribution in [0.3, 0.4) is 0 Å². The highest BCUT2D eigenvalue weighted by atomic mass is 79.9. The fourth-order valence-electron chi connectivity index (χ4n) is 2.30. The highest BCUT2D eigenvalue weighted by Crippen LogP contribution is 2.35. The molecule has 21 heavy (non-hydrogen) atoms. The van der Waals surface area contributed by atoms with Gasteiger partial charge in [0, 0.05) is 10.0 Å². The van der Waals surface area contributed by atoms with Crippen molar-refractivity contribution < 1.29 is 14.0 Å². The van der Waals surface area contributed by atoms with Crippen molar-refractivity contribution in [3.63, 3.8) is 0 Å². The van der Waals surface area contributed by atoms with E-state index < -0.39 is 17.5 Å². The molecule has 0 saturated carbocycles. The van der Waals surface area contributed by atoms with Gasteiger partial charge in [-0.1, -0.05) is 29.8 Å². The molecule has 0 fully saturated rings. The topological polar surface area (TPSA) is 37.4 Å². The molecule has 2 aromatic rings. The standard InChI is InChI=1S/C15H8BrClFNO2/c16-9-4-2-6-11-12(9)14(20)15(21)19(11)7-8-3-1-5-10(17)13(8)18/h1-6H,7H2. The highest BCUT2D eigenvalue weighted by molar-refractivity contribution is 9.10. The van der Waals surface area contributed by atoms with Crippen LogP contribution in [-0.2, 0) is 11.3 Å². The molecule has 1 heterocycles. The van der Waals surface area contributed by atoms with E-state index in [4.69, 9.17) is 11.6 Å². The van der Waals surface area contributed by atoms with Gasteiger partial charge in [0.25, 0.3) is 11.7 Å². The Morgan fingerprint density at radius 2 is 1.86 bits per heavy atom. The first-order valence-corrected chi connectivity index (χ1v) is 7.25. The van der Waals surface area contributed by atoms with Crippen molar-refractivity contribution in [2.45, 2.75) is 6.54 Å². The van der Waals surface area contributed by atoms with Crippen LogP contribution < -0.4 is 4.90 Å². The molecular weight excluding hydrogens is 361 g/mol. The Bertz CT molecular complexity index is 778. The summed E-state index contributed by atoms with van der Waals surface area (Å²) in [5, 5.41) is -0.0139. The Morgan fingerprint density at radius 3 is 2.62 bits per heavy atom. The van der Waals surface area contributed by atoms with Crippen molar-refractivity contribution >= 4 is 44.9 Å². The average molecular weight is 369 g/mol. The number of hydrogen-bond donors (Lipinski definition) is 0. The van der Waals surface area contributed by atoms with Crippen molar-refractivity contribution in [1.29, 1.82) is 0 Å². The van der Waals surface area contributed by atoms with Crippen LogP contribution in [0.1, 0.15) is 15.9 Å². The number of carbonyl (C=O) groups is 2. The molecule has 0 unspecified atom stereocenters. The van der Waals surface area contributed by atoms with Gasteiger partial charge in [-0.3, -0.25) is 9.59 Å². The molecule has 3 rings (SSSR count). The van der Waals surface area contributed by atoms with E-state index in [1.807, 2.05) is 0 Å². The molecule has 6 heteroatoms. The highest BCUT2D eigenvalue weighted by Gasteiger charge is 2.37. The molecule has 0 atom stereocenters. The van der Waals surface area contributed by atoms with E-state index in [2.05, 4.69) is 15.9 Å².